The third-order valence-corrected chi connectivity index (χ3v) is 3.52. The molecule has 0 unspecified atom stereocenters. The molecule has 0 atom stereocenters. The van der Waals surface area contributed by atoms with Gasteiger partial charge in [-0.05, 0) is 37.3 Å². The maximum Gasteiger partial charge on any atom is 0.159 e. The molecule has 110 valence electrons. The van der Waals surface area contributed by atoms with Crippen LogP contribution in [0.4, 0.5) is 0 Å². The minimum Gasteiger partial charge on any atom is -0.496 e. The number of methoxy groups -OCH3 is 1. The zero-order valence-corrected chi connectivity index (χ0v) is 12.5. The van der Waals surface area contributed by atoms with Crippen molar-refractivity contribution in [3.63, 3.8) is 0 Å². The molecular weight excluding hydrogens is 276 g/mol. The molecule has 0 bridgehead atoms. The number of nitrogens with zero attached hydrogens (tertiary/aromatic N) is 2. The van der Waals surface area contributed by atoms with Crippen molar-refractivity contribution in [1.29, 1.82) is 0 Å². The molecule has 1 aromatic heterocycles. The van der Waals surface area contributed by atoms with Crippen molar-refractivity contribution in [2.75, 3.05) is 7.11 Å². The first kappa shape index (κ1) is 14.1. The second kappa shape index (κ2) is 5.85. The molecule has 0 aliphatic carbocycles. The molecule has 3 rings (SSSR count). The maximum atomic E-state index is 11.6. The van der Waals surface area contributed by atoms with Crippen molar-refractivity contribution in [2.45, 2.75) is 6.92 Å². The minimum absolute atomic E-state index is 0.0272. The summed E-state index contributed by atoms with van der Waals surface area (Å²) in [5.74, 6) is 0.747. The molecule has 0 N–H and O–H groups in total. The zero-order chi connectivity index (χ0) is 15.5. The van der Waals surface area contributed by atoms with Crippen LogP contribution in [0, 0.1) is 0 Å². The lowest BCUT2D eigenvalue weighted by Gasteiger charge is -2.08. The lowest BCUT2D eigenvalue weighted by atomic mass is 10.0. The van der Waals surface area contributed by atoms with Gasteiger partial charge in [-0.15, -0.1) is 0 Å². The van der Waals surface area contributed by atoms with Crippen molar-refractivity contribution in [2.24, 2.45) is 0 Å². The Kier molecular flexibility index (Phi) is 3.74. The number of Topliss-reactive ketones (excluding diaryl/α,β-unsaturated/α-hetero) is 1. The molecule has 0 saturated carbocycles. The van der Waals surface area contributed by atoms with Crippen molar-refractivity contribution >= 4 is 5.78 Å². The molecule has 22 heavy (non-hydrogen) atoms. The van der Waals surface area contributed by atoms with Gasteiger partial charge in [0, 0.05) is 22.9 Å². The van der Waals surface area contributed by atoms with E-state index in [1.807, 2.05) is 48.7 Å². The van der Waals surface area contributed by atoms with Gasteiger partial charge in [0.2, 0.25) is 0 Å². The normalized spacial score (nSPS) is 10.5. The highest BCUT2D eigenvalue weighted by Crippen LogP contribution is 2.31. The van der Waals surface area contributed by atoms with E-state index in [4.69, 9.17) is 4.74 Å². The van der Waals surface area contributed by atoms with Crippen LogP contribution < -0.4 is 4.74 Å². The van der Waals surface area contributed by atoms with Gasteiger partial charge in [0.15, 0.2) is 5.78 Å². The number of para-hydroxylation sites is 1. The molecule has 3 aromatic rings. The first-order valence-electron chi connectivity index (χ1n) is 6.98. The van der Waals surface area contributed by atoms with Gasteiger partial charge in [0.1, 0.15) is 5.75 Å². The molecule has 0 aliphatic heterocycles. The van der Waals surface area contributed by atoms with Gasteiger partial charge in [0.25, 0.3) is 0 Å². The molecule has 1 heterocycles. The summed E-state index contributed by atoms with van der Waals surface area (Å²) < 4.78 is 7.20. The van der Waals surface area contributed by atoms with Crippen LogP contribution in [0.3, 0.4) is 0 Å². The molecule has 0 radical (unpaired) electrons. The fraction of sp³-hybridized carbons (Fsp3) is 0.111. The average molecular weight is 292 g/mol. The van der Waals surface area contributed by atoms with Crippen LogP contribution in [0.2, 0.25) is 0 Å². The number of carbonyl (C=O) groups excluding carboxylic acids is 1. The smallest absolute Gasteiger partial charge is 0.159 e. The number of rotatable bonds is 4. The Morgan fingerprint density at radius 2 is 1.91 bits per heavy atom. The van der Waals surface area contributed by atoms with Crippen LogP contribution in [0.25, 0.3) is 16.8 Å². The summed E-state index contributed by atoms with van der Waals surface area (Å²) in [5.41, 5.74) is 3.40. The number of ketones is 1. The molecule has 0 amide bonds. The largest absolute Gasteiger partial charge is 0.496 e. The summed E-state index contributed by atoms with van der Waals surface area (Å²) in [6, 6.07) is 15.3. The number of carbonyl (C=O) groups is 1. The number of ether oxygens (including phenoxy) is 1. The molecule has 0 spiro atoms. The monoisotopic (exact) mass is 292 g/mol. The predicted octanol–water partition coefficient (Wildman–Crippen LogP) is 3.75. The second-order valence-electron chi connectivity index (χ2n) is 4.98. The predicted molar refractivity (Wildman–Crippen MR) is 85.6 cm³/mol. The number of hydrogen-bond acceptors (Lipinski definition) is 3. The van der Waals surface area contributed by atoms with Crippen molar-refractivity contribution in [3.8, 4) is 22.6 Å². The van der Waals surface area contributed by atoms with E-state index in [1.165, 1.54) is 0 Å². The molecule has 4 heteroatoms. The number of hydrogen-bond donors (Lipinski definition) is 0. The summed E-state index contributed by atoms with van der Waals surface area (Å²) in [4.78, 5) is 11.6. The van der Waals surface area contributed by atoms with Crippen molar-refractivity contribution < 1.29 is 9.53 Å². The summed E-state index contributed by atoms with van der Waals surface area (Å²) in [6.07, 6.45) is 3.70. The summed E-state index contributed by atoms with van der Waals surface area (Å²) >= 11 is 0. The second-order valence-corrected chi connectivity index (χ2v) is 4.98. The highest BCUT2D eigenvalue weighted by Gasteiger charge is 2.11. The van der Waals surface area contributed by atoms with Crippen LogP contribution in [-0.4, -0.2) is 22.7 Å². The number of aromatic nitrogens is 2. The SMILES string of the molecule is COc1ccc(C(C)=O)cc1-c1cnn(-c2ccccc2)c1. The Labute approximate surface area is 129 Å². The van der Waals surface area contributed by atoms with E-state index in [0.717, 1.165) is 22.6 Å². The van der Waals surface area contributed by atoms with Crippen LogP contribution in [0.15, 0.2) is 60.9 Å². The van der Waals surface area contributed by atoms with Gasteiger partial charge in [-0.3, -0.25) is 4.79 Å². The van der Waals surface area contributed by atoms with E-state index >= 15 is 0 Å². The van der Waals surface area contributed by atoms with Gasteiger partial charge in [0.05, 0.1) is 19.0 Å². The van der Waals surface area contributed by atoms with Crippen LogP contribution in [0.1, 0.15) is 17.3 Å². The van der Waals surface area contributed by atoms with E-state index in [0.29, 0.717) is 5.56 Å². The zero-order valence-electron chi connectivity index (χ0n) is 12.5. The summed E-state index contributed by atoms with van der Waals surface area (Å²) in [6.45, 7) is 1.55. The Morgan fingerprint density at radius 1 is 1.14 bits per heavy atom. The van der Waals surface area contributed by atoms with Gasteiger partial charge in [-0.2, -0.15) is 5.10 Å². The van der Waals surface area contributed by atoms with Gasteiger partial charge >= 0.3 is 0 Å². The third kappa shape index (κ3) is 2.63. The van der Waals surface area contributed by atoms with Gasteiger partial charge in [-0.25, -0.2) is 4.68 Å². The molecule has 0 saturated heterocycles. The summed E-state index contributed by atoms with van der Waals surface area (Å²) in [7, 11) is 1.62. The van der Waals surface area contributed by atoms with Crippen LogP contribution in [-0.2, 0) is 0 Å². The van der Waals surface area contributed by atoms with E-state index in [2.05, 4.69) is 5.10 Å². The Balaban J connectivity index is 2.06. The highest BCUT2D eigenvalue weighted by atomic mass is 16.5. The molecule has 4 nitrogen and oxygen atoms in total. The van der Waals surface area contributed by atoms with Gasteiger partial charge < -0.3 is 4.74 Å². The molecular formula is C18H16N2O2. The maximum absolute atomic E-state index is 11.6. The van der Waals surface area contributed by atoms with Crippen molar-refractivity contribution in [1.82, 2.24) is 9.78 Å². The van der Waals surface area contributed by atoms with Crippen LogP contribution >= 0.6 is 0 Å². The average Bonchev–Trinajstić information content (AvgIpc) is 3.05. The Bertz CT molecular complexity index is 807. The van der Waals surface area contributed by atoms with E-state index < -0.39 is 0 Å². The van der Waals surface area contributed by atoms with E-state index in [1.54, 1.807) is 31.0 Å². The third-order valence-electron chi connectivity index (χ3n) is 3.52. The minimum atomic E-state index is 0.0272. The summed E-state index contributed by atoms with van der Waals surface area (Å²) in [5, 5.41) is 4.39. The Morgan fingerprint density at radius 3 is 2.59 bits per heavy atom. The van der Waals surface area contributed by atoms with Crippen LogP contribution in [0.5, 0.6) is 5.75 Å². The standard InChI is InChI=1S/C18H16N2O2/c1-13(21)14-8-9-18(22-2)17(10-14)15-11-19-20(12-15)16-6-4-3-5-7-16/h3-12H,1-2H3. The topological polar surface area (TPSA) is 44.1 Å². The molecule has 2 aromatic carbocycles. The van der Waals surface area contributed by atoms with E-state index in [-0.39, 0.29) is 5.78 Å². The lowest BCUT2D eigenvalue weighted by molar-refractivity contribution is 0.101. The Hall–Kier alpha value is -2.88. The quantitative estimate of drug-likeness (QED) is 0.688. The first-order valence-corrected chi connectivity index (χ1v) is 6.98. The van der Waals surface area contributed by atoms with E-state index in [9.17, 15) is 4.79 Å². The fourth-order valence-electron chi connectivity index (χ4n) is 2.34. The molecule has 0 aliphatic rings. The first-order chi connectivity index (χ1) is 10.7. The number of benzene rings is 2. The lowest BCUT2D eigenvalue weighted by Crippen LogP contribution is -1.95. The molecule has 0 fully saturated rings. The fourth-order valence-corrected chi connectivity index (χ4v) is 2.34. The highest BCUT2D eigenvalue weighted by molar-refractivity contribution is 5.96. The van der Waals surface area contributed by atoms with Gasteiger partial charge in [-0.1, -0.05) is 18.2 Å². The van der Waals surface area contributed by atoms with Crippen molar-refractivity contribution in [3.05, 3.63) is 66.5 Å².